The van der Waals surface area contributed by atoms with Crippen molar-refractivity contribution in [1.29, 1.82) is 0 Å². The molecule has 0 bridgehead atoms. The minimum atomic E-state index is -0.891. The third kappa shape index (κ3) is 2.86. The Hall–Kier alpha value is -3.39. The molecule has 130 valence electrons. The van der Waals surface area contributed by atoms with E-state index < -0.39 is 5.97 Å². The summed E-state index contributed by atoms with van der Waals surface area (Å²) in [6, 6.07) is 7.04. The van der Waals surface area contributed by atoms with Crippen molar-refractivity contribution in [2.24, 2.45) is 0 Å². The normalized spacial score (nSPS) is 11.1. The van der Waals surface area contributed by atoms with Crippen LogP contribution in [-0.4, -0.2) is 35.4 Å². The minimum absolute atomic E-state index is 0.0566. The van der Waals surface area contributed by atoms with Crippen LogP contribution < -0.4 is 5.73 Å². The van der Waals surface area contributed by atoms with Crippen molar-refractivity contribution in [3.8, 4) is 11.6 Å². The van der Waals surface area contributed by atoms with Crippen molar-refractivity contribution in [3.05, 3.63) is 59.6 Å². The van der Waals surface area contributed by atoms with Crippen molar-refractivity contribution in [2.45, 2.75) is 6.42 Å². The van der Waals surface area contributed by atoms with Crippen molar-refractivity contribution >= 4 is 34.3 Å². The summed E-state index contributed by atoms with van der Waals surface area (Å²) in [7, 11) is 0. The van der Waals surface area contributed by atoms with Crippen LogP contribution in [0.3, 0.4) is 0 Å². The van der Waals surface area contributed by atoms with Gasteiger partial charge in [-0.3, -0.25) is 9.78 Å². The van der Waals surface area contributed by atoms with Crippen LogP contribution in [0.15, 0.2) is 49.1 Å². The minimum Gasteiger partial charge on any atom is -0.481 e. The molecule has 0 fully saturated rings. The van der Waals surface area contributed by atoms with Crippen LogP contribution in [0.1, 0.15) is 5.56 Å². The first-order valence-electron chi connectivity index (χ1n) is 7.66. The number of benzene rings is 1. The molecule has 0 radical (unpaired) electrons. The van der Waals surface area contributed by atoms with Gasteiger partial charge in [0.15, 0.2) is 17.5 Å². The first-order valence-corrected chi connectivity index (χ1v) is 8.04. The molecule has 0 spiro atoms. The summed E-state index contributed by atoms with van der Waals surface area (Å²) >= 11 is 6.09. The van der Waals surface area contributed by atoms with Crippen LogP contribution in [0.4, 0.5) is 5.82 Å². The Labute approximate surface area is 152 Å². The Balaban J connectivity index is 1.78. The molecule has 26 heavy (non-hydrogen) atoms. The largest absolute Gasteiger partial charge is 0.481 e. The van der Waals surface area contributed by atoms with Gasteiger partial charge in [0, 0.05) is 22.8 Å². The molecule has 0 aliphatic heterocycles. The molecule has 0 saturated carbocycles. The maximum Gasteiger partial charge on any atom is 0.307 e. The number of nitrogens with zero attached hydrogens (tertiary/aromatic N) is 5. The Morgan fingerprint density at radius 1 is 1.23 bits per heavy atom. The summed E-state index contributed by atoms with van der Waals surface area (Å²) in [5, 5.41) is 14.6. The van der Waals surface area contributed by atoms with Crippen LogP contribution in [-0.2, 0) is 11.2 Å². The zero-order valence-electron chi connectivity index (χ0n) is 13.4. The number of aliphatic carboxylic acids is 1. The van der Waals surface area contributed by atoms with Crippen LogP contribution in [0.2, 0.25) is 5.02 Å². The fourth-order valence-electron chi connectivity index (χ4n) is 2.72. The number of aromatic nitrogens is 5. The topological polar surface area (TPSA) is 112 Å². The predicted octanol–water partition coefficient (Wildman–Crippen LogP) is 2.47. The Kier molecular flexibility index (Phi) is 3.81. The van der Waals surface area contributed by atoms with Gasteiger partial charge in [-0.15, -0.1) is 5.10 Å². The zero-order chi connectivity index (χ0) is 18.3. The number of hydrogen-bond donors (Lipinski definition) is 2. The van der Waals surface area contributed by atoms with Gasteiger partial charge in [-0.25, -0.2) is 9.67 Å². The Morgan fingerprint density at radius 3 is 2.85 bits per heavy atom. The second kappa shape index (κ2) is 6.16. The summed E-state index contributed by atoms with van der Waals surface area (Å²) < 4.78 is 3.28. The number of carbonyl (C=O) groups is 1. The van der Waals surface area contributed by atoms with Gasteiger partial charge in [-0.2, -0.15) is 0 Å². The Morgan fingerprint density at radius 2 is 2.04 bits per heavy atom. The molecule has 1 aromatic carbocycles. The molecule has 3 aromatic heterocycles. The van der Waals surface area contributed by atoms with E-state index in [-0.39, 0.29) is 6.42 Å². The number of fused-ring (bicyclic) bond motifs is 1. The molecular formula is C17H13ClN6O2. The quantitative estimate of drug-likeness (QED) is 0.572. The summed E-state index contributed by atoms with van der Waals surface area (Å²) in [4.78, 5) is 19.6. The smallest absolute Gasteiger partial charge is 0.307 e. The molecule has 0 aliphatic carbocycles. The molecule has 0 saturated heterocycles. The van der Waals surface area contributed by atoms with Crippen LogP contribution in [0.5, 0.6) is 0 Å². The lowest BCUT2D eigenvalue weighted by atomic mass is 10.2. The monoisotopic (exact) mass is 368 g/mol. The molecule has 0 aliphatic rings. The van der Waals surface area contributed by atoms with E-state index in [2.05, 4.69) is 15.1 Å². The highest BCUT2D eigenvalue weighted by atomic mass is 35.5. The van der Waals surface area contributed by atoms with Crippen molar-refractivity contribution < 1.29 is 9.90 Å². The number of rotatable bonds is 4. The van der Waals surface area contributed by atoms with Gasteiger partial charge in [0.1, 0.15) is 0 Å². The van der Waals surface area contributed by atoms with Crippen LogP contribution in [0.25, 0.3) is 22.5 Å². The van der Waals surface area contributed by atoms with Crippen LogP contribution >= 0.6 is 11.6 Å². The maximum absolute atomic E-state index is 10.8. The van der Waals surface area contributed by atoms with Gasteiger partial charge < -0.3 is 15.4 Å². The number of hydrogen-bond acceptors (Lipinski definition) is 5. The second-order valence-electron chi connectivity index (χ2n) is 5.69. The van der Waals surface area contributed by atoms with E-state index in [0.29, 0.717) is 28.0 Å². The lowest BCUT2D eigenvalue weighted by molar-refractivity contribution is -0.136. The van der Waals surface area contributed by atoms with E-state index in [0.717, 1.165) is 10.9 Å². The lowest BCUT2D eigenvalue weighted by Crippen LogP contribution is -2.05. The first kappa shape index (κ1) is 16.1. The molecule has 4 aromatic rings. The number of nitrogens with two attached hydrogens (primary N) is 1. The van der Waals surface area contributed by atoms with Gasteiger partial charge in [-0.05, 0) is 29.8 Å². The van der Waals surface area contributed by atoms with E-state index >= 15 is 0 Å². The van der Waals surface area contributed by atoms with Crippen molar-refractivity contribution in [2.75, 3.05) is 5.73 Å². The molecule has 8 nitrogen and oxygen atoms in total. The van der Waals surface area contributed by atoms with E-state index in [1.54, 1.807) is 58.3 Å². The predicted molar refractivity (Wildman–Crippen MR) is 96.7 cm³/mol. The number of carboxylic acids is 1. The maximum atomic E-state index is 10.8. The van der Waals surface area contributed by atoms with Gasteiger partial charge in [-0.1, -0.05) is 11.6 Å². The highest BCUT2D eigenvalue weighted by Crippen LogP contribution is 2.26. The summed E-state index contributed by atoms with van der Waals surface area (Å²) in [6.07, 6.45) is 6.53. The number of carboxylic acid groups (broad SMARTS) is 1. The summed E-state index contributed by atoms with van der Waals surface area (Å²) in [5.74, 6) is 0.481. The zero-order valence-corrected chi connectivity index (χ0v) is 14.1. The molecule has 9 heteroatoms. The van der Waals surface area contributed by atoms with Gasteiger partial charge in [0.05, 0.1) is 24.3 Å². The lowest BCUT2D eigenvalue weighted by Gasteiger charge is -2.06. The van der Waals surface area contributed by atoms with Crippen LogP contribution in [0, 0.1) is 0 Å². The molecule has 0 atom stereocenters. The van der Waals surface area contributed by atoms with E-state index in [9.17, 15) is 4.79 Å². The molecular weight excluding hydrogens is 356 g/mol. The molecule has 3 heterocycles. The molecule has 4 rings (SSSR count). The van der Waals surface area contributed by atoms with E-state index in [4.69, 9.17) is 22.4 Å². The highest BCUT2D eigenvalue weighted by molar-refractivity contribution is 6.31. The third-order valence-electron chi connectivity index (χ3n) is 3.87. The number of halogens is 1. The summed E-state index contributed by atoms with van der Waals surface area (Å²) in [6.45, 7) is 0. The molecule has 0 amide bonds. The SMILES string of the molecule is Nc1nn(-c2cncc(-n3ccc(CC(=O)O)c3)n2)c2cc(Cl)ccc12. The highest BCUT2D eigenvalue weighted by Gasteiger charge is 2.13. The van der Waals surface area contributed by atoms with Gasteiger partial charge >= 0.3 is 5.97 Å². The second-order valence-corrected chi connectivity index (χ2v) is 6.13. The summed E-state index contributed by atoms with van der Waals surface area (Å²) in [5.41, 5.74) is 7.37. The third-order valence-corrected chi connectivity index (χ3v) is 4.11. The fourth-order valence-corrected chi connectivity index (χ4v) is 2.89. The fraction of sp³-hybridized carbons (Fsp3) is 0.0588. The van der Waals surface area contributed by atoms with E-state index in [1.807, 2.05) is 0 Å². The van der Waals surface area contributed by atoms with Crippen molar-refractivity contribution in [3.63, 3.8) is 0 Å². The average Bonchev–Trinajstić information content (AvgIpc) is 3.19. The first-order chi connectivity index (χ1) is 12.5. The molecule has 0 unspecified atom stereocenters. The van der Waals surface area contributed by atoms with Crippen molar-refractivity contribution in [1.82, 2.24) is 24.3 Å². The standard InChI is InChI=1S/C17H13ClN6O2/c18-11-1-2-12-13(6-11)24(22-17(12)19)15-8-20-7-14(21-15)23-4-3-10(9-23)5-16(25)26/h1-4,6-9H,5H2,(H2,19,22)(H,25,26). The Bertz CT molecular complexity index is 1130. The molecule has 3 N–H and O–H groups in total. The number of anilines is 1. The van der Waals surface area contributed by atoms with E-state index in [1.165, 1.54) is 0 Å². The average molecular weight is 369 g/mol. The van der Waals surface area contributed by atoms with Gasteiger partial charge in [0.25, 0.3) is 0 Å². The van der Waals surface area contributed by atoms with Gasteiger partial charge in [0.2, 0.25) is 0 Å². The number of nitrogen functional groups attached to an aromatic ring is 1.